The highest BCUT2D eigenvalue weighted by atomic mass is 32.1. The van der Waals surface area contributed by atoms with Crippen molar-refractivity contribution in [3.63, 3.8) is 0 Å². The van der Waals surface area contributed by atoms with Crippen LogP contribution in [0.15, 0.2) is 30.3 Å². The summed E-state index contributed by atoms with van der Waals surface area (Å²) in [5.74, 6) is 0.655. The average molecular weight is 358 g/mol. The summed E-state index contributed by atoms with van der Waals surface area (Å²) in [5.41, 5.74) is 2.35. The fourth-order valence-corrected chi connectivity index (χ4v) is 3.84. The number of hydrogen-bond donors (Lipinski definition) is 2. The molecule has 6 heteroatoms. The number of aliphatic hydroxyl groups excluding tert-OH is 1. The molecule has 0 spiro atoms. The Balaban J connectivity index is 1.93. The summed E-state index contributed by atoms with van der Waals surface area (Å²) >= 11 is 1.67. The van der Waals surface area contributed by atoms with E-state index in [9.17, 15) is 9.90 Å². The molecular formula is C19H22N2O3S. The van der Waals surface area contributed by atoms with Gasteiger partial charge in [-0.3, -0.25) is 4.79 Å². The lowest BCUT2D eigenvalue weighted by Crippen LogP contribution is -2.33. The van der Waals surface area contributed by atoms with Crippen LogP contribution in [0.4, 0.5) is 0 Å². The van der Waals surface area contributed by atoms with Gasteiger partial charge in [-0.1, -0.05) is 0 Å². The lowest BCUT2D eigenvalue weighted by Gasteiger charge is -2.21. The van der Waals surface area contributed by atoms with Crippen LogP contribution in [0.2, 0.25) is 0 Å². The number of fused-ring (bicyclic) bond motifs is 1. The highest BCUT2D eigenvalue weighted by Crippen LogP contribution is 2.27. The van der Waals surface area contributed by atoms with E-state index in [0.29, 0.717) is 18.8 Å². The molecule has 1 amide bonds. The number of H-pyrrole nitrogens is 1. The molecule has 2 heterocycles. The Labute approximate surface area is 150 Å². The Kier molecular flexibility index (Phi) is 5.11. The first kappa shape index (κ1) is 17.5. The fraction of sp³-hybridized carbons (Fsp3) is 0.316. The Hall–Kier alpha value is -2.31. The molecule has 0 saturated heterocycles. The monoisotopic (exact) mass is 358 g/mol. The van der Waals surface area contributed by atoms with Crippen LogP contribution in [0, 0.1) is 13.8 Å². The minimum Gasteiger partial charge on any atom is -0.497 e. The topological polar surface area (TPSA) is 65.6 Å². The van der Waals surface area contributed by atoms with Crippen LogP contribution in [-0.4, -0.2) is 41.2 Å². The van der Waals surface area contributed by atoms with Crippen molar-refractivity contribution >= 4 is 28.1 Å². The number of carbonyl (C=O) groups is 1. The molecule has 0 radical (unpaired) electrons. The smallest absolute Gasteiger partial charge is 0.270 e. The number of hydrogen-bond acceptors (Lipinski definition) is 4. The van der Waals surface area contributed by atoms with Crippen molar-refractivity contribution in [2.75, 3.05) is 20.3 Å². The third-order valence-electron chi connectivity index (χ3n) is 4.28. The van der Waals surface area contributed by atoms with E-state index in [2.05, 4.69) is 4.98 Å². The van der Waals surface area contributed by atoms with Crippen molar-refractivity contribution in [1.29, 1.82) is 0 Å². The number of rotatable bonds is 6. The molecule has 0 saturated carbocycles. The zero-order valence-electron chi connectivity index (χ0n) is 14.6. The summed E-state index contributed by atoms with van der Waals surface area (Å²) in [5, 5.41) is 10.3. The van der Waals surface area contributed by atoms with E-state index in [4.69, 9.17) is 4.74 Å². The summed E-state index contributed by atoms with van der Waals surface area (Å²) < 4.78 is 5.27. The van der Waals surface area contributed by atoms with Crippen LogP contribution in [0.1, 0.15) is 25.8 Å². The highest BCUT2D eigenvalue weighted by Gasteiger charge is 2.21. The molecule has 2 aromatic heterocycles. The number of nitrogens with zero attached hydrogens (tertiary/aromatic N) is 1. The predicted molar refractivity (Wildman–Crippen MR) is 100 cm³/mol. The fourth-order valence-electron chi connectivity index (χ4n) is 2.94. The van der Waals surface area contributed by atoms with E-state index in [1.807, 2.05) is 44.2 Å². The minimum atomic E-state index is -0.104. The van der Waals surface area contributed by atoms with Crippen molar-refractivity contribution in [3.05, 3.63) is 51.3 Å². The summed E-state index contributed by atoms with van der Waals surface area (Å²) in [7, 11) is 1.63. The van der Waals surface area contributed by atoms with Gasteiger partial charge in [0.15, 0.2) is 0 Å². The molecule has 0 unspecified atom stereocenters. The van der Waals surface area contributed by atoms with Crippen LogP contribution in [0.25, 0.3) is 10.9 Å². The SMILES string of the molecule is COc1ccc2[nH]c(C(=O)N(CCO)Cc3ccc(C)s3)c(C)c2c1. The number of thiophene rings is 1. The van der Waals surface area contributed by atoms with E-state index in [1.165, 1.54) is 4.88 Å². The van der Waals surface area contributed by atoms with E-state index in [-0.39, 0.29) is 12.5 Å². The molecule has 3 aromatic rings. The second kappa shape index (κ2) is 7.29. The zero-order valence-corrected chi connectivity index (χ0v) is 15.4. The molecule has 3 rings (SSSR count). The number of nitrogens with one attached hydrogen (secondary N) is 1. The summed E-state index contributed by atoms with van der Waals surface area (Å²) in [6.07, 6.45) is 0. The molecule has 0 bridgehead atoms. The molecule has 25 heavy (non-hydrogen) atoms. The van der Waals surface area contributed by atoms with Gasteiger partial charge < -0.3 is 19.7 Å². The lowest BCUT2D eigenvalue weighted by molar-refractivity contribution is 0.0704. The second-order valence-electron chi connectivity index (χ2n) is 6.00. The van der Waals surface area contributed by atoms with E-state index >= 15 is 0 Å². The Morgan fingerprint density at radius 1 is 1.28 bits per heavy atom. The number of aryl methyl sites for hydroxylation is 2. The van der Waals surface area contributed by atoms with Gasteiger partial charge in [-0.15, -0.1) is 11.3 Å². The molecule has 132 valence electrons. The number of aromatic amines is 1. The van der Waals surface area contributed by atoms with Gasteiger partial charge in [0.25, 0.3) is 5.91 Å². The number of aromatic nitrogens is 1. The Morgan fingerprint density at radius 3 is 2.72 bits per heavy atom. The first-order valence-corrected chi connectivity index (χ1v) is 8.97. The minimum absolute atomic E-state index is 0.0663. The molecule has 1 aromatic carbocycles. The van der Waals surface area contributed by atoms with Crippen molar-refractivity contribution in [2.24, 2.45) is 0 Å². The number of methoxy groups -OCH3 is 1. The van der Waals surface area contributed by atoms with Crippen LogP contribution >= 0.6 is 11.3 Å². The van der Waals surface area contributed by atoms with Crippen LogP contribution in [0.3, 0.4) is 0 Å². The van der Waals surface area contributed by atoms with Crippen molar-refractivity contribution in [3.8, 4) is 5.75 Å². The third-order valence-corrected chi connectivity index (χ3v) is 5.26. The maximum atomic E-state index is 13.0. The normalized spacial score (nSPS) is 11.0. The molecular weight excluding hydrogens is 336 g/mol. The number of ether oxygens (including phenoxy) is 1. The molecule has 0 aliphatic rings. The lowest BCUT2D eigenvalue weighted by atomic mass is 10.1. The summed E-state index contributed by atoms with van der Waals surface area (Å²) in [4.78, 5) is 20.3. The van der Waals surface area contributed by atoms with Gasteiger partial charge in [-0.05, 0) is 49.7 Å². The van der Waals surface area contributed by atoms with Crippen LogP contribution < -0.4 is 4.74 Å². The second-order valence-corrected chi connectivity index (χ2v) is 7.37. The van der Waals surface area contributed by atoms with Gasteiger partial charge in [0.05, 0.1) is 20.3 Å². The van der Waals surface area contributed by atoms with Gasteiger partial charge in [0.1, 0.15) is 11.4 Å². The van der Waals surface area contributed by atoms with Crippen molar-refractivity contribution < 1.29 is 14.6 Å². The van der Waals surface area contributed by atoms with Crippen molar-refractivity contribution in [1.82, 2.24) is 9.88 Å². The first-order valence-electron chi connectivity index (χ1n) is 8.15. The quantitative estimate of drug-likeness (QED) is 0.709. The molecule has 0 aliphatic heterocycles. The first-order chi connectivity index (χ1) is 12.0. The Bertz CT molecular complexity index is 897. The largest absolute Gasteiger partial charge is 0.497 e. The van der Waals surface area contributed by atoms with Gasteiger partial charge in [0, 0.05) is 27.2 Å². The number of benzene rings is 1. The van der Waals surface area contributed by atoms with Gasteiger partial charge >= 0.3 is 0 Å². The predicted octanol–water partition coefficient (Wildman–Crippen LogP) is 3.49. The molecule has 2 N–H and O–H groups in total. The van der Waals surface area contributed by atoms with Gasteiger partial charge in [-0.2, -0.15) is 0 Å². The van der Waals surface area contributed by atoms with Gasteiger partial charge in [-0.25, -0.2) is 0 Å². The van der Waals surface area contributed by atoms with E-state index in [1.54, 1.807) is 23.3 Å². The standard InChI is InChI=1S/C19H22N2O3S/c1-12-4-6-15(25-12)11-21(8-9-22)19(23)18-13(2)16-10-14(24-3)5-7-17(16)20-18/h4-7,10,20,22H,8-9,11H2,1-3H3. The number of amides is 1. The third kappa shape index (κ3) is 3.55. The average Bonchev–Trinajstić information content (AvgIpc) is 3.17. The summed E-state index contributed by atoms with van der Waals surface area (Å²) in [6, 6.07) is 9.78. The number of carbonyl (C=O) groups excluding carboxylic acids is 1. The maximum absolute atomic E-state index is 13.0. The Morgan fingerprint density at radius 2 is 2.08 bits per heavy atom. The molecule has 5 nitrogen and oxygen atoms in total. The molecule has 0 fully saturated rings. The number of aliphatic hydroxyl groups is 1. The zero-order chi connectivity index (χ0) is 18.0. The van der Waals surface area contributed by atoms with Gasteiger partial charge in [0.2, 0.25) is 0 Å². The van der Waals surface area contributed by atoms with E-state index < -0.39 is 0 Å². The van der Waals surface area contributed by atoms with Crippen molar-refractivity contribution in [2.45, 2.75) is 20.4 Å². The maximum Gasteiger partial charge on any atom is 0.270 e. The molecule has 0 aliphatic carbocycles. The van der Waals surface area contributed by atoms with Crippen LogP contribution in [0.5, 0.6) is 5.75 Å². The van der Waals surface area contributed by atoms with Crippen LogP contribution in [-0.2, 0) is 6.54 Å². The highest BCUT2D eigenvalue weighted by molar-refractivity contribution is 7.11. The summed E-state index contributed by atoms with van der Waals surface area (Å²) in [6.45, 7) is 4.70. The molecule has 0 atom stereocenters. The van der Waals surface area contributed by atoms with E-state index in [0.717, 1.165) is 27.1 Å².